The van der Waals surface area contributed by atoms with Crippen molar-refractivity contribution in [3.8, 4) is 0 Å². The van der Waals surface area contributed by atoms with Crippen LogP contribution in [0.5, 0.6) is 0 Å². The number of rotatable bonds is 3. The van der Waals surface area contributed by atoms with Gasteiger partial charge in [0.05, 0.1) is 12.6 Å². The van der Waals surface area contributed by atoms with E-state index in [2.05, 4.69) is 22.0 Å². The summed E-state index contributed by atoms with van der Waals surface area (Å²) in [5, 5.41) is 3.22. The van der Waals surface area contributed by atoms with Gasteiger partial charge in [-0.25, -0.2) is 4.58 Å². The molecule has 0 aliphatic carbocycles. The number of ketones is 1. The van der Waals surface area contributed by atoms with Crippen molar-refractivity contribution in [2.75, 3.05) is 13.6 Å². The summed E-state index contributed by atoms with van der Waals surface area (Å²) in [5.74, 6) is 1.18. The molecule has 1 heterocycles. The van der Waals surface area contributed by atoms with E-state index in [4.69, 9.17) is 0 Å². The zero-order valence-electron chi connectivity index (χ0n) is 11.5. The van der Waals surface area contributed by atoms with Crippen LogP contribution in [-0.4, -0.2) is 29.8 Å². The molecular formula is C17H17N2O+. The molecule has 3 nitrogen and oxygen atoms in total. The summed E-state index contributed by atoms with van der Waals surface area (Å²) >= 11 is 0. The zero-order valence-corrected chi connectivity index (χ0v) is 11.5. The summed E-state index contributed by atoms with van der Waals surface area (Å²) < 4.78 is 2.10. The van der Waals surface area contributed by atoms with E-state index in [0.29, 0.717) is 6.54 Å². The molecule has 0 saturated heterocycles. The van der Waals surface area contributed by atoms with Crippen molar-refractivity contribution in [1.29, 1.82) is 0 Å². The van der Waals surface area contributed by atoms with Crippen molar-refractivity contribution in [2.45, 2.75) is 6.54 Å². The first-order chi connectivity index (χ1) is 9.79. The molecule has 2 aromatic carbocycles. The summed E-state index contributed by atoms with van der Waals surface area (Å²) in [6, 6.07) is 17.7. The lowest BCUT2D eigenvalue weighted by molar-refractivity contribution is -0.527. The highest BCUT2D eigenvalue weighted by Gasteiger charge is 2.27. The molecule has 0 saturated carbocycles. The molecule has 3 heteroatoms. The number of nitrogens with one attached hydrogen (secondary N) is 1. The second kappa shape index (κ2) is 5.29. The second-order valence-electron chi connectivity index (χ2n) is 4.90. The molecule has 1 aliphatic rings. The van der Waals surface area contributed by atoms with Gasteiger partial charge in [-0.1, -0.05) is 48.5 Å². The smallest absolute Gasteiger partial charge is 0.277 e. The van der Waals surface area contributed by atoms with Crippen molar-refractivity contribution in [2.24, 2.45) is 0 Å². The van der Waals surface area contributed by atoms with Gasteiger partial charge in [0.2, 0.25) is 5.78 Å². The van der Waals surface area contributed by atoms with Gasteiger partial charge in [-0.2, -0.15) is 0 Å². The van der Waals surface area contributed by atoms with Gasteiger partial charge >= 0.3 is 0 Å². The fourth-order valence-corrected chi connectivity index (χ4v) is 2.66. The maximum absolute atomic E-state index is 12.3. The number of carbonyl (C=O) groups excluding carboxylic acids is 1. The standard InChI is InChI=1S/C17H16N2O/c1-18-17-15-10-6-5-9-14(15)11-19(17)12-16(20)13-7-3-2-4-8-13/h2-10H,11-12H2,1H3/p+1. The SMILES string of the molecule is CNC1=[N+](CC(=O)c2ccccc2)Cc2ccccc21. The Labute approximate surface area is 118 Å². The van der Waals surface area contributed by atoms with Crippen LogP contribution >= 0.6 is 0 Å². The van der Waals surface area contributed by atoms with E-state index >= 15 is 0 Å². The van der Waals surface area contributed by atoms with Gasteiger partial charge < -0.3 is 0 Å². The highest BCUT2D eigenvalue weighted by atomic mass is 16.1. The lowest BCUT2D eigenvalue weighted by Gasteiger charge is -2.04. The number of hydrogen-bond acceptors (Lipinski definition) is 2. The molecule has 0 unspecified atom stereocenters. The van der Waals surface area contributed by atoms with Crippen molar-refractivity contribution in [1.82, 2.24) is 5.32 Å². The first-order valence-electron chi connectivity index (χ1n) is 6.76. The van der Waals surface area contributed by atoms with E-state index in [9.17, 15) is 4.79 Å². The monoisotopic (exact) mass is 265 g/mol. The Balaban J connectivity index is 1.87. The van der Waals surface area contributed by atoms with E-state index in [1.54, 1.807) is 0 Å². The minimum Gasteiger partial charge on any atom is -0.290 e. The van der Waals surface area contributed by atoms with Crippen LogP contribution in [0, 0.1) is 0 Å². The van der Waals surface area contributed by atoms with Crippen molar-refractivity contribution < 1.29 is 9.37 Å². The summed E-state index contributed by atoms with van der Waals surface area (Å²) in [7, 11) is 1.90. The Morgan fingerprint density at radius 3 is 2.55 bits per heavy atom. The Morgan fingerprint density at radius 2 is 1.80 bits per heavy atom. The van der Waals surface area contributed by atoms with Gasteiger partial charge in [-0.3, -0.25) is 10.1 Å². The maximum atomic E-state index is 12.3. The molecule has 0 amide bonds. The van der Waals surface area contributed by atoms with Gasteiger partial charge in [-0.15, -0.1) is 0 Å². The van der Waals surface area contributed by atoms with Crippen LogP contribution in [0.3, 0.4) is 0 Å². The van der Waals surface area contributed by atoms with Gasteiger partial charge in [-0.05, 0) is 6.07 Å². The number of nitrogens with zero attached hydrogens (tertiary/aromatic N) is 1. The minimum absolute atomic E-state index is 0.145. The summed E-state index contributed by atoms with van der Waals surface area (Å²) in [4.78, 5) is 12.3. The Hall–Kier alpha value is -2.42. The molecule has 0 atom stereocenters. The van der Waals surface area contributed by atoms with Crippen LogP contribution in [0.15, 0.2) is 54.6 Å². The van der Waals surface area contributed by atoms with E-state index in [-0.39, 0.29) is 5.78 Å². The molecule has 0 bridgehead atoms. The predicted octanol–water partition coefficient (Wildman–Crippen LogP) is 2.06. The first-order valence-corrected chi connectivity index (χ1v) is 6.76. The fraction of sp³-hybridized carbons (Fsp3) is 0.176. The lowest BCUT2D eigenvalue weighted by Crippen LogP contribution is -2.30. The third-order valence-corrected chi connectivity index (χ3v) is 3.62. The quantitative estimate of drug-likeness (QED) is 0.680. The maximum Gasteiger partial charge on any atom is 0.277 e. The molecule has 0 fully saturated rings. The van der Waals surface area contributed by atoms with Gasteiger partial charge in [0.15, 0.2) is 0 Å². The number of amidine groups is 1. The summed E-state index contributed by atoms with van der Waals surface area (Å²) in [6.45, 7) is 1.18. The molecule has 1 aliphatic heterocycles. The van der Waals surface area contributed by atoms with Crippen molar-refractivity contribution >= 4 is 11.6 Å². The minimum atomic E-state index is 0.145. The first kappa shape index (κ1) is 12.6. The molecule has 0 spiro atoms. The number of hydrogen-bond donors (Lipinski definition) is 1. The van der Waals surface area contributed by atoms with Gasteiger partial charge in [0, 0.05) is 11.1 Å². The molecule has 0 radical (unpaired) electrons. The molecule has 2 aromatic rings. The summed E-state index contributed by atoms with van der Waals surface area (Å²) in [5.41, 5.74) is 3.22. The molecule has 1 N–H and O–H groups in total. The van der Waals surface area contributed by atoms with Crippen LogP contribution in [0.4, 0.5) is 0 Å². The van der Waals surface area contributed by atoms with E-state index in [0.717, 1.165) is 17.9 Å². The Morgan fingerprint density at radius 1 is 1.10 bits per heavy atom. The van der Waals surface area contributed by atoms with Crippen molar-refractivity contribution in [3.05, 3.63) is 71.3 Å². The molecule has 3 rings (SSSR count). The lowest BCUT2D eigenvalue weighted by atomic mass is 10.1. The molecule has 0 aromatic heterocycles. The van der Waals surface area contributed by atoms with Gasteiger partial charge in [0.25, 0.3) is 5.84 Å². The highest BCUT2D eigenvalue weighted by Crippen LogP contribution is 2.17. The van der Waals surface area contributed by atoms with Gasteiger partial charge in [0.1, 0.15) is 13.1 Å². The molecule has 100 valence electrons. The average Bonchev–Trinajstić information content (AvgIpc) is 2.85. The van der Waals surface area contributed by atoms with E-state index < -0.39 is 0 Å². The third kappa shape index (κ3) is 2.23. The Kier molecular flexibility index (Phi) is 3.33. The summed E-state index contributed by atoms with van der Waals surface area (Å²) in [6.07, 6.45) is 0. The van der Waals surface area contributed by atoms with Crippen LogP contribution in [0.25, 0.3) is 0 Å². The number of benzene rings is 2. The van der Waals surface area contributed by atoms with Crippen molar-refractivity contribution in [3.63, 3.8) is 0 Å². The van der Waals surface area contributed by atoms with Crippen LogP contribution < -0.4 is 5.32 Å². The van der Waals surface area contributed by atoms with Crippen LogP contribution in [0.1, 0.15) is 21.5 Å². The zero-order chi connectivity index (χ0) is 13.9. The fourth-order valence-electron chi connectivity index (χ4n) is 2.66. The number of fused-ring (bicyclic) bond motifs is 1. The highest BCUT2D eigenvalue weighted by molar-refractivity contribution is 6.00. The van der Waals surface area contributed by atoms with Crippen LogP contribution in [-0.2, 0) is 6.54 Å². The predicted molar refractivity (Wildman–Crippen MR) is 79.2 cm³/mol. The van der Waals surface area contributed by atoms with Crippen LogP contribution in [0.2, 0.25) is 0 Å². The van der Waals surface area contributed by atoms with E-state index in [1.807, 2.05) is 49.5 Å². The molecular weight excluding hydrogens is 248 g/mol. The topological polar surface area (TPSA) is 32.1 Å². The third-order valence-electron chi connectivity index (χ3n) is 3.62. The largest absolute Gasteiger partial charge is 0.290 e. The Bertz CT molecular complexity index is 674. The average molecular weight is 265 g/mol. The number of Topliss-reactive ketones (excluding diaryl/α,β-unsaturated/α-hetero) is 1. The molecule has 20 heavy (non-hydrogen) atoms. The number of carbonyl (C=O) groups is 1. The van der Waals surface area contributed by atoms with E-state index in [1.165, 1.54) is 11.1 Å². The normalized spacial score (nSPS) is 13.2. The second-order valence-corrected chi connectivity index (χ2v) is 4.90.